The molecule has 1 N–H and O–H groups in total. The lowest BCUT2D eigenvalue weighted by molar-refractivity contribution is 0.157. The SMILES string of the molecule is CC1CC(C)C(C)N(S(=O)(=O)CC2CCCCN2)C1. The highest BCUT2D eigenvalue weighted by atomic mass is 32.2. The van der Waals surface area contributed by atoms with Crippen molar-refractivity contribution in [2.75, 3.05) is 18.8 Å². The van der Waals surface area contributed by atoms with E-state index in [0.29, 0.717) is 18.4 Å². The molecule has 2 aliphatic rings. The van der Waals surface area contributed by atoms with Crippen molar-refractivity contribution in [2.45, 2.75) is 58.5 Å². The molecule has 4 nitrogen and oxygen atoms in total. The van der Waals surface area contributed by atoms with E-state index in [1.807, 2.05) is 0 Å². The number of nitrogens with one attached hydrogen (secondary N) is 1. The molecule has 19 heavy (non-hydrogen) atoms. The van der Waals surface area contributed by atoms with E-state index in [1.165, 1.54) is 6.42 Å². The Morgan fingerprint density at radius 2 is 1.95 bits per heavy atom. The van der Waals surface area contributed by atoms with Crippen LogP contribution in [0.15, 0.2) is 0 Å². The molecule has 2 fully saturated rings. The number of piperidine rings is 2. The summed E-state index contributed by atoms with van der Waals surface area (Å²) in [5.41, 5.74) is 0. The van der Waals surface area contributed by atoms with Gasteiger partial charge in [0, 0.05) is 18.6 Å². The zero-order valence-electron chi connectivity index (χ0n) is 12.4. The van der Waals surface area contributed by atoms with E-state index in [1.54, 1.807) is 4.31 Å². The highest BCUT2D eigenvalue weighted by Crippen LogP contribution is 2.29. The summed E-state index contributed by atoms with van der Waals surface area (Å²) in [6.45, 7) is 8.04. The lowest BCUT2D eigenvalue weighted by Crippen LogP contribution is -2.52. The third kappa shape index (κ3) is 3.70. The highest BCUT2D eigenvalue weighted by molar-refractivity contribution is 7.89. The molecule has 0 bridgehead atoms. The second-order valence-electron chi connectivity index (χ2n) is 6.55. The van der Waals surface area contributed by atoms with E-state index in [4.69, 9.17) is 0 Å². The molecule has 0 spiro atoms. The Hall–Kier alpha value is -0.130. The van der Waals surface area contributed by atoms with Gasteiger partial charge >= 0.3 is 0 Å². The minimum atomic E-state index is -3.13. The van der Waals surface area contributed by atoms with Crippen molar-refractivity contribution in [1.82, 2.24) is 9.62 Å². The predicted octanol–water partition coefficient (Wildman–Crippen LogP) is 1.82. The summed E-state index contributed by atoms with van der Waals surface area (Å²) in [6.07, 6.45) is 4.45. The van der Waals surface area contributed by atoms with Crippen LogP contribution in [-0.2, 0) is 10.0 Å². The monoisotopic (exact) mass is 288 g/mol. The van der Waals surface area contributed by atoms with Gasteiger partial charge in [-0.1, -0.05) is 20.3 Å². The van der Waals surface area contributed by atoms with Crippen molar-refractivity contribution in [1.29, 1.82) is 0 Å². The van der Waals surface area contributed by atoms with Gasteiger partial charge in [0.25, 0.3) is 0 Å². The minimum Gasteiger partial charge on any atom is -0.313 e. The van der Waals surface area contributed by atoms with Crippen molar-refractivity contribution >= 4 is 10.0 Å². The average molecular weight is 288 g/mol. The van der Waals surface area contributed by atoms with Gasteiger partial charge in [-0.25, -0.2) is 8.42 Å². The molecule has 2 rings (SSSR count). The molecule has 4 atom stereocenters. The number of sulfonamides is 1. The molecule has 0 aliphatic carbocycles. The quantitative estimate of drug-likeness (QED) is 0.862. The number of hydrogen-bond acceptors (Lipinski definition) is 3. The standard InChI is InChI=1S/C14H28N2O2S/c1-11-8-12(2)13(3)16(9-11)19(17,18)10-14-6-4-5-7-15-14/h11-15H,4-10H2,1-3H3. The van der Waals surface area contributed by atoms with E-state index in [0.717, 1.165) is 25.8 Å². The third-order valence-electron chi connectivity index (χ3n) is 4.73. The zero-order valence-corrected chi connectivity index (χ0v) is 13.2. The third-order valence-corrected chi connectivity index (χ3v) is 6.74. The molecule has 0 aromatic carbocycles. The summed E-state index contributed by atoms with van der Waals surface area (Å²) in [4.78, 5) is 0. The summed E-state index contributed by atoms with van der Waals surface area (Å²) in [6, 6.07) is 0.295. The molecule has 2 heterocycles. The second kappa shape index (κ2) is 6.10. The predicted molar refractivity (Wildman–Crippen MR) is 78.5 cm³/mol. The molecule has 5 heteroatoms. The van der Waals surface area contributed by atoms with Crippen LogP contribution in [0.25, 0.3) is 0 Å². The summed E-state index contributed by atoms with van der Waals surface area (Å²) in [5.74, 6) is 1.20. The summed E-state index contributed by atoms with van der Waals surface area (Å²) < 4.78 is 27.0. The van der Waals surface area contributed by atoms with Crippen LogP contribution in [0.5, 0.6) is 0 Å². The Morgan fingerprint density at radius 1 is 1.21 bits per heavy atom. The number of nitrogens with zero attached hydrogens (tertiary/aromatic N) is 1. The van der Waals surface area contributed by atoms with Gasteiger partial charge in [-0.2, -0.15) is 4.31 Å². The molecule has 0 amide bonds. The average Bonchev–Trinajstić information content (AvgIpc) is 2.34. The van der Waals surface area contributed by atoms with Crippen LogP contribution in [-0.4, -0.2) is 43.6 Å². The van der Waals surface area contributed by atoms with Crippen molar-refractivity contribution in [3.8, 4) is 0 Å². The molecular formula is C14H28N2O2S. The lowest BCUT2D eigenvalue weighted by atomic mass is 9.88. The maximum Gasteiger partial charge on any atom is 0.215 e. The first-order valence-corrected chi connectivity index (χ1v) is 9.24. The van der Waals surface area contributed by atoms with Gasteiger partial charge in [0.1, 0.15) is 0 Å². The Morgan fingerprint density at radius 3 is 2.58 bits per heavy atom. The van der Waals surface area contributed by atoms with Gasteiger partial charge in [0.05, 0.1) is 5.75 Å². The van der Waals surface area contributed by atoms with Crippen LogP contribution < -0.4 is 5.32 Å². The fourth-order valence-corrected chi connectivity index (χ4v) is 5.63. The first kappa shape index (κ1) is 15.3. The lowest BCUT2D eigenvalue weighted by Gasteiger charge is -2.40. The summed E-state index contributed by atoms with van der Waals surface area (Å²) >= 11 is 0. The summed E-state index contributed by atoms with van der Waals surface area (Å²) in [5, 5.41) is 3.35. The molecule has 112 valence electrons. The first-order chi connectivity index (χ1) is 8.90. The van der Waals surface area contributed by atoms with Crippen molar-refractivity contribution in [3.63, 3.8) is 0 Å². The molecule has 0 saturated carbocycles. The molecule has 4 unspecified atom stereocenters. The molecular weight excluding hydrogens is 260 g/mol. The van der Waals surface area contributed by atoms with Crippen molar-refractivity contribution < 1.29 is 8.42 Å². The maximum atomic E-state index is 12.6. The van der Waals surface area contributed by atoms with Crippen LogP contribution in [0.2, 0.25) is 0 Å². The molecule has 0 aromatic rings. The van der Waals surface area contributed by atoms with Crippen molar-refractivity contribution in [2.24, 2.45) is 11.8 Å². The van der Waals surface area contributed by atoms with E-state index >= 15 is 0 Å². The first-order valence-electron chi connectivity index (χ1n) is 7.63. The highest BCUT2D eigenvalue weighted by Gasteiger charge is 2.37. The van der Waals surface area contributed by atoms with Crippen molar-refractivity contribution in [3.05, 3.63) is 0 Å². The van der Waals surface area contributed by atoms with E-state index in [-0.39, 0.29) is 17.8 Å². The molecule has 2 aliphatic heterocycles. The fourth-order valence-electron chi connectivity index (χ4n) is 3.45. The van der Waals surface area contributed by atoms with Crippen LogP contribution in [0.3, 0.4) is 0 Å². The Bertz CT molecular complexity index is 390. The number of hydrogen-bond donors (Lipinski definition) is 1. The van der Waals surface area contributed by atoms with Crippen LogP contribution >= 0.6 is 0 Å². The molecule has 0 aromatic heterocycles. The van der Waals surface area contributed by atoms with Gasteiger partial charge < -0.3 is 5.32 Å². The minimum absolute atomic E-state index is 0.143. The normalized spacial score (nSPS) is 38.3. The van der Waals surface area contributed by atoms with Crippen LogP contribution in [0.1, 0.15) is 46.5 Å². The van der Waals surface area contributed by atoms with Gasteiger partial charge in [-0.3, -0.25) is 0 Å². The molecule has 2 saturated heterocycles. The van der Waals surface area contributed by atoms with Gasteiger partial charge in [-0.05, 0) is 44.6 Å². The topological polar surface area (TPSA) is 49.4 Å². The zero-order chi connectivity index (χ0) is 14.0. The Labute approximate surface area is 118 Å². The van der Waals surface area contributed by atoms with Gasteiger partial charge in [-0.15, -0.1) is 0 Å². The number of rotatable bonds is 3. The smallest absolute Gasteiger partial charge is 0.215 e. The van der Waals surface area contributed by atoms with Crippen LogP contribution in [0.4, 0.5) is 0 Å². The molecule has 0 radical (unpaired) electrons. The second-order valence-corrected chi connectivity index (χ2v) is 8.52. The largest absolute Gasteiger partial charge is 0.313 e. The van der Waals surface area contributed by atoms with E-state index < -0.39 is 10.0 Å². The van der Waals surface area contributed by atoms with E-state index in [9.17, 15) is 8.42 Å². The summed E-state index contributed by atoms with van der Waals surface area (Å²) in [7, 11) is -3.13. The Balaban J connectivity index is 2.04. The van der Waals surface area contributed by atoms with E-state index in [2.05, 4.69) is 26.1 Å². The maximum absolute atomic E-state index is 12.6. The van der Waals surface area contributed by atoms with Gasteiger partial charge in [0.15, 0.2) is 0 Å². The van der Waals surface area contributed by atoms with Crippen LogP contribution in [0, 0.1) is 11.8 Å². The fraction of sp³-hybridized carbons (Fsp3) is 1.00. The van der Waals surface area contributed by atoms with Gasteiger partial charge in [0.2, 0.25) is 10.0 Å². The Kier molecular flexibility index (Phi) is 4.90.